The van der Waals surface area contributed by atoms with Crippen molar-refractivity contribution in [3.05, 3.63) is 29.3 Å². The molecule has 1 unspecified atom stereocenters. The number of halogens is 1. The summed E-state index contributed by atoms with van der Waals surface area (Å²) < 4.78 is 0. The highest BCUT2D eigenvalue weighted by Gasteiger charge is 2.26. The van der Waals surface area contributed by atoms with E-state index < -0.39 is 12.0 Å². The maximum Gasteiger partial charge on any atom is 0.323 e. The van der Waals surface area contributed by atoms with Gasteiger partial charge in [0, 0.05) is 16.2 Å². The quantitative estimate of drug-likeness (QED) is 0.876. The van der Waals surface area contributed by atoms with E-state index >= 15 is 0 Å². The van der Waals surface area contributed by atoms with Gasteiger partial charge < -0.3 is 15.3 Å². The summed E-state index contributed by atoms with van der Waals surface area (Å²) in [7, 11) is 0. The second-order valence-corrected chi connectivity index (χ2v) is 6.35. The summed E-state index contributed by atoms with van der Waals surface area (Å²) in [4.78, 5) is 24.8. The highest BCUT2D eigenvalue weighted by atomic mass is 35.5. The Balaban J connectivity index is 2.99. The molecular formula is C15H21ClN2O3. The first-order chi connectivity index (χ1) is 9.60. The van der Waals surface area contributed by atoms with Crippen LogP contribution in [0.15, 0.2) is 24.3 Å². The Kier molecular flexibility index (Phi) is 5.61. The molecule has 6 heteroatoms. The Morgan fingerprint density at radius 2 is 1.81 bits per heavy atom. The minimum Gasteiger partial charge on any atom is -0.480 e. The van der Waals surface area contributed by atoms with E-state index in [-0.39, 0.29) is 18.0 Å². The minimum absolute atomic E-state index is 0.223. The number of carboxylic acids is 1. The molecule has 116 valence electrons. The highest BCUT2D eigenvalue weighted by molar-refractivity contribution is 6.30. The second-order valence-electron chi connectivity index (χ2n) is 5.91. The number of aliphatic carboxylic acids is 1. The molecule has 5 nitrogen and oxygen atoms in total. The lowest BCUT2D eigenvalue weighted by atomic mass is 10.1. The van der Waals surface area contributed by atoms with Crippen molar-refractivity contribution in [1.82, 2.24) is 5.32 Å². The molecule has 0 aliphatic heterocycles. The molecule has 0 aliphatic carbocycles. The molecule has 0 saturated carbocycles. The van der Waals surface area contributed by atoms with Gasteiger partial charge in [0.05, 0.1) is 0 Å². The van der Waals surface area contributed by atoms with E-state index in [9.17, 15) is 9.59 Å². The SMILES string of the molecule is CC(C(=O)NC(C)(C)C)N(CC(=O)O)c1ccc(Cl)cc1. The maximum absolute atomic E-state index is 12.3. The number of benzene rings is 1. The number of nitrogens with one attached hydrogen (secondary N) is 1. The highest BCUT2D eigenvalue weighted by Crippen LogP contribution is 2.20. The van der Waals surface area contributed by atoms with Crippen molar-refractivity contribution in [2.45, 2.75) is 39.3 Å². The van der Waals surface area contributed by atoms with Crippen LogP contribution in [0.5, 0.6) is 0 Å². The third-order valence-corrected chi connectivity index (χ3v) is 3.06. The molecule has 0 radical (unpaired) electrons. The van der Waals surface area contributed by atoms with Gasteiger partial charge in [0.25, 0.3) is 0 Å². The molecule has 1 aromatic carbocycles. The zero-order valence-corrected chi connectivity index (χ0v) is 13.4. The Bertz CT molecular complexity index is 509. The zero-order valence-electron chi connectivity index (χ0n) is 12.7. The molecule has 21 heavy (non-hydrogen) atoms. The van der Waals surface area contributed by atoms with Crippen LogP contribution in [-0.4, -0.2) is 35.1 Å². The molecule has 0 spiro atoms. The van der Waals surface area contributed by atoms with Crippen LogP contribution in [0, 0.1) is 0 Å². The van der Waals surface area contributed by atoms with Gasteiger partial charge in [-0.3, -0.25) is 9.59 Å². The second kappa shape index (κ2) is 6.80. The molecule has 1 aromatic rings. The molecule has 1 atom stereocenters. The average molecular weight is 313 g/mol. The Morgan fingerprint density at radius 1 is 1.29 bits per heavy atom. The predicted octanol–water partition coefficient (Wildman–Crippen LogP) is 2.53. The summed E-state index contributed by atoms with van der Waals surface area (Å²) in [5, 5.41) is 12.5. The van der Waals surface area contributed by atoms with Gasteiger partial charge in [-0.05, 0) is 52.0 Å². The number of amides is 1. The van der Waals surface area contributed by atoms with Crippen LogP contribution in [-0.2, 0) is 9.59 Å². The first-order valence-corrected chi connectivity index (χ1v) is 7.04. The third kappa shape index (κ3) is 5.63. The van der Waals surface area contributed by atoms with Crippen molar-refractivity contribution in [2.24, 2.45) is 0 Å². The summed E-state index contributed by atoms with van der Waals surface area (Å²) >= 11 is 5.84. The van der Waals surface area contributed by atoms with Crippen molar-refractivity contribution in [3.63, 3.8) is 0 Å². The van der Waals surface area contributed by atoms with Gasteiger partial charge in [0.2, 0.25) is 5.91 Å². The van der Waals surface area contributed by atoms with E-state index in [4.69, 9.17) is 16.7 Å². The van der Waals surface area contributed by atoms with Crippen LogP contribution in [0.1, 0.15) is 27.7 Å². The van der Waals surface area contributed by atoms with Gasteiger partial charge in [-0.15, -0.1) is 0 Å². The van der Waals surface area contributed by atoms with E-state index in [0.29, 0.717) is 10.7 Å². The van der Waals surface area contributed by atoms with Crippen LogP contribution in [0.25, 0.3) is 0 Å². The number of carbonyl (C=O) groups excluding carboxylic acids is 1. The molecule has 2 N–H and O–H groups in total. The number of hydrogen-bond donors (Lipinski definition) is 2. The van der Waals surface area contributed by atoms with E-state index in [1.807, 2.05) is 20.8 Å². The van der Waals surface area contributed by atoms with Crippen molar-refractivity contribution < 1.29 is 14.7 Å². The first-order valence-electron chi connectivity index (χ1n) is 6.66. The standard InChI is InChI=1S/C15H21ClN2O3/c1-10(14(21)17-15(2,3)4)18(9-13(19)20)12-7-5-11(16)6-8-12/h5-8,10H,9H2,1-4H3,(H,17,21)(H,19,20). The first kappa shape index (κ1) is 17.3. The average Bonchev–Trinajstić information content (AvgIpc) is 2.34. The summed E-state index contributed by atoms with van der Waals surface area (Å²) in [5.74, 6) is -1.22. The van der Waals surface area contributed by atoms with Crippen molar-refractivity contribution in [2.75, 3.05) is 11.4 Å². The Hall–Kier alpha value is -1.75. The fourth-order valence-electron chi connectivity index (χ4n) is 1.85. The van der Waals surface area contributed by atoms with Crippen LogP contribution in [0.2, 0.25) is 5.02 Å². The molecule has 0 aliphatic rings. The van der Waals surface area contributed by atoms with Gasteiger partial charge in [0.15, 0.2) is 0 Å². The topological polar surface area (TPSA) is 69.6 Å². The Labute approximate surface area is 129 Å². The van der Waals surface area contributed by atoms with Gasteiger partial charge in [-0.25, -0.2) is 0 Å². The number of carboxylic acid groups (broad SMARTS) is 1. The number of rotatable bonds is 5. The number of hydrogen-bond acceptors (Lipinski definition) is 3. The van der Waals surface area contributed by atoms with Gasteiger partial charge in [-0.1, -0.05) is 11.6 Å². The van der Waals surface area contributed by atoms with Gasteiger partial charge >= 0.3 is 5.97 Å². The maximum atomic E-state index is 12.3. The molecule has 0 saturated heterocycles. The Morgan fingerprint density at radius 3 is 2.24 bits per heavy atom. The zero-order chi connectivity index (χ0) is 16.2. The van der Waals surface area contributed by atoms with Gasteiger partial charge in [0.1, 0.15) is 12.6 Å². The number of carbonyl (C=O) groups is 2. The summed E-state index contributed by atoms with van der Waals surface area (Å²) in [6.07, 6.45) is 0. The molecule has 0 fully saturated rings. The van der Waals surface area contributed by atoms with Crippen molar-refractivity contribution >= 4 is 29.2 Å². The molecule has 1 rings (SSSR count). The molecule has 1 amide bonds. The molecule has 0 bridgehead atoms. The third-order valence-electron chi connectivity index (χ3n) is 2.81. The predicted molar refractivity (Wildman–Crippen MR) is 83.8 cm³/mol. The van der Waals surface area contributed by atoms with E-state index in [0.717, 1.165) is 0 Å². The smallest absolute Gasteiger partial charge is 0.323 e. The minimum atomic E-state index is -1.000. The van der Waals surface area contributed by atoms with E-state index in [1.165, 1.54) is 4.90 Å². The van der Waals surface area contributed by atoms with Crippen LogP contribution < -0.4 is 10.2 Å². The fourth-order valence-corrected chi connectivity index (χ4v) is 1.97. The van der Waals surface area contributed by atoms with Crippen molar-refractivity contribution in [3.8, 4) is 0 Å². The summed E-state index contributed by atoms with van der Waals surface area (Å²) in [6, 6.07) is 6.12. The molecule has 0 aromatic heterocycles. The summed E-state index contributed by atoms with van der Waals surface area (Å²) in [5.41, 5.74) is 0.263. The van der Waals surface area contributed by atoms with E-state index in [1.54, 1.807) is 31.2 Å². The lowest BCUT2D eigenvalue weighted by molar-refractivity contribution is -0.135. The number of nitrogens with zero attached hydrogens (tertiary/aromatic N) is 1. The van der Waals surface area contributed by atoms with E-state index in [2.05, 4.69) is 5.32 Å². The monoisotopic (exact) mass is 312 g/mol. The normalized spacial score (nSPS) is 12.6. The summed E-state index contributed by atoms with van der Waals surface area (Å²) in [6.45, 7) is 7.04. The molecule has 0 heterocycles. The van der Waals surface area contributed by atoms with Crippen LogP contribution in [0.4, 0.5) is 5.69 Å². The molecular weight excluding hydrogens is 292 g/mol. The largest absolute Gasteiger partial charge is 0.480 e. The van der Waals surface area contributed by atoms with Crippen LogP contribution >= 0.6 is 11.6 Å². The lowest BCUT2D eigenvalue weighted by Gasteiger charge is -2.31. The number of anilines is 1. The van der Waals surface area contributed by atoms with Gasteiger partial charge in [-0.2, -0.15) is 0 Å². The lowest BCUT2D eigenvalue weighted by Crippen LogP contribution is -2.52. The fraction of sp³-hybridized carbons (Fsp3) is 0.467. The van der Waals surface area contributed by atoms with Crippen molar-refractivity contribution in [1.29, 1.82) is 0 Å². The van der Waals surface area contributed by atoms with Crippen LogP contribution in [0.3, 0.4) is 0 Å².